The van der Waals surface area contributed by atoms with Crippen LogP contribution in [0.5, 0.6) is 0 Å². The first kappa shape index (κ1) is 18.6. The highest BCUT2D eigenvalue weighted by Crippen LogP contribution is 2.28. The molecule has 140 valence electrons. The van der Waals surface area contributed by atoms with E-state index in [1.165, 1.54) is 24.3 Å². The van der Waals surface area contributed by atoms with E-state index in [2.05, 4.69) is 16.0 Å². The Morgan fingerprint density at radius 1 is 1.25 bits per heavy atom. The third-order valence-corrected chi connectivity index (χ3v) is 4.20. The second-order valence-electron chi connectivity index (χ2n) is 6.07. The summed E-state index contributed by atoms with van der Waals surface area (Å²) < 4.78 is 0. The number of nitro groups is 1. The molecule has 3 rings (SSSR count). The number of nitrogens with one attached hydrogen (secondary N) is 3. The summed E-state index contributed by atoms with van der Waals surface area (Å²) in [4.78, 5) is 35.2. The van der Waals surface area contributed by atoms with Gasteiger partial charge in [-0.3, -0.25) is 14.9 Å². The molecule has 0 aromatic heterocycles. The lowest BCUT2D eigenvalue weighted by molar-refractivity contribution is -0.384. The monoisotopic (exact) mass is 377 g/mol. The second kappa shape index (κ2) is 7.59. The summed E-state index contributed by atoms with van der Waals surface area (Å²) in [5.74, 6) is -0.514. The molecule has 0 fully saturated rings. The molecule has 1 aliphatic heterocycles. The predicted molar refractivity (Wildman–Crippen MR) is 100.0 cm³/mol. The Bertz CT molecular complexity index is 1040. The number of non-ortho nitro benzene ring substituents is 1. The van der Waals surface area contributed by atoms with Gasteiger partial charge in [0.2, 0.25) is 0 Å². The maximum absolute atomic E-state index is 12.9. The van der Waals surface area contributed by atoms with Crippen LogP contribution in [0.25, 0.3) is 0 Å². The molecule has 1 aliphatic rings. The van der Waals surface area contributed by atoms with E-state index in [9.17, 15) is 19.7 Å². The van der Waals surface area contributed by atoms with Gasteiger partial charge in [-0.25, -0.2) is 4.79 Å². The topological polar surface area (TPSA) is 137 Å². The number of amides is 3. The number of carbonyl (C=O) groups excluding carboxylic acids is 2. The van der Waals surface area contributed by atoms with Crippen LogP contribution in [0.3, 0.4) is 0 Å². The molecule has 1 heterocycles. The van der Waals surface area contributed by atoms with E-state index < -0.39 is 22.9 Å². The third-order valence-electron chi connectivity index (χ3n) is 4.20. The molecule has 0 aliphatic carbocycles. The Hall–Kier alpha value is -4.19. The Kier molecular flexibility index (Phi) is 5.04. The van der Waals surface area contributed by atoms with E-state index in [0.29, 0.717) is 16.8 Å². The van der Waals surface area contributed by atoms with Crippen molar-refractivity contribution in [1.29, 1.82) is 5.26 Å². The van der Waals surface area contributed by atoms with Crippen molar-refractivity contribution in [3.8, 4) is 6.07 Å². The summed E-state index contributed by atoms with van der Waals surface area (Å²) in [6.07, 6.45) is 0. The number of rotatable bonds is 4. The van der Waals surface area contributed by atoms with Crippen molar-refractivity contribution in [2.45, 2.75) is 13.0 Å². The normalized spacial score (nSPS) is 15.9. The molecular weight excluding hydrogens is 362 g/mol. The zero-order valence-corrected chi connectivity index (χ0v) is 14.7. The Morgan fingerprint density at radius 3 is 2.61 bits per heavy atom. The fourth-order valence-electron chi connectivity index (χ4n) is 2.89. The van der Waals surface area contributed by atoms with E-state index in [4.69, 9.17) is 5.26 Å². The van der Waals surface area contributed by atoms with E-state index in [-0.39, 0.29) is 16.9 Å². The molecule has 2 aromatic rings. The number of carbonyl (C=O) groups is 2. The number of nitro benzene ring substituents is 1. The van der Waals surface area contributed by atoms with Gasteiger partial charge in [-0.15, -0.1) is 0 Å². The largest absolute Gasteiger partial charge is 0.327 e. The van der Waals surface area contributed by atoms with E-state index in [0.717, 1.165) is 0 Å². The number of nitrogens with zero attached hydrogens (tertiary/aromatic N) is 2. The first-order chi connectivity index (χ1) is 13.4. The van der Waals surface area contributed by atoms with Crippen LogP contribution in [0.15, 0.2) is 59.8 Å². The van der Waals surface area contributed by atoms with Crippen molar-refractivity contribution < 1.29 is 14.5 Å². The minimum atomic E-state index is -0.736. The van der Waals surface area contributed by atoms with Crippen molar-refractivity contribution in [3.05, 3.63) is 81.0 Å². The summed E-state index contributed by atoms with van der Waals surface area (Å²) in [7, 11) is 0. The van der Waals surface area contributed by atoms with Crippen LogP contribution in [-0.2, 0) is 4.79 Å². The lowest BCUT2D eigenvalue weighted by Crippen LogP contribution is -2.45. The highest BCUT2D eigenvalue weighted by molar-refractivity contribution is 6.06. The van der Waals surface area contributed by atoms with Crippen LogP contribution in [0.1, 0.15) is 24.1 Å². The number of nitriles is 1. The molecular formula is C19H15N5O4. The third kappa shape index (κ3) is 3.81. The maximum Gasteiger partial charge on any atom is 0.319 e. The smallest absolute Gasteiger partial charge is 0.319 e. The minimum Gasteiger partial charge on any atom is -0.327 e. The summed E-state index contributed by atoms with van der Waals surface area (Å²) in [6, 6.07) is 12.9. The maximum atomic E-state index is 12.9. The van der Waals surface area contributed by atoms with Crippen molar-refractivity contribution in [2.75, 3.05) is 5.32 Å². The fourth-order valence-corrected chi connectivity index (χ4v) is 2.89. The molecule has 3 N–H and O–H groups in total. The number of allylic oxidation sites excluding steroid dienone is 1. The molecule has 3 amide bonds. The second-order valence-corrected chi connectivity index (χ2v) is 6.07. The van der Waals surface area contributed by atoms with Gasteiger partial charge in [-0.1, -0.05) is 18.2 Å². The molecule has 28 heavy (non-hydrogen) atoms. The molecule has 9 heteroatoms. The number of urea groups is 1. The van der Waals surface area contributed by atoms with Gasteiger partial charge in [0, 0.05) is 23.5 Å². The van der Waals surface area contributed by atoms with Gasteiger partial charge in [0.15, 0.2) is 0 Å². The zero-order chi connectivity index (χ0) is 20.3. The average Bonchev–Trinajstić information content (AvgIpc) is 2.67. The van der Waals surface area contributed by atoms with Gasteiger partial charge in [0.25, 0.3) is 11.6 Å². The van der Waals surface area contributed by atoms with E-state index >= 15 is 0 Å². The lowest BCUT2D eigenvalue weighted by Gasteiger charge is -2.28. The molecule has 0 spiro atoms. The summed E-state index contributed by atoms with van der Waals surface area (Å²) in [5.41, 5.74) is 1.80. The van der Waals surface area contributed by atoms with Crippen LogP contribution in [0.2, 0.25) is 0 Å². The van der Waals surface area contributed by atoms with Gasteiger partial charge in [0.1, 0.15) is 0 Å². The molecule has 9 nitrogen and oxygen atoms in total. The fraction of sp³-hybridized carbons (Fsp3) is 0.105. The first-order valence-electron chi connectivity index (χ1n) is 8.23. The quantitative estimate of drug-likeness (QED) is 0.556. The Balaban J connectivity index is 1.93. The number of hydrogen-bond acceptors (Lipinski definition) is 5. The van der Waals surface area contributed by atoms with Gasteiger partial charge in [-0.2, -0.15) is 5.26 Å². The first-order valence-corrected chi connectivity index (χ1v) is 8.23. The van der Waals surface area contributed by atoms with Gasteiger partial charge in [0.05, 0.1) is 28.2 Å². The minimum absolute atomic E-state index is 0.151. The van der Waals surface area contributed by atoms with Crippen molar-refractivity contribution in [2.24, 2.45) is 0 Å². The van der Waals surface area contributed by atoms with Gasteiger partial charge < -0.3 is 16.0 Å². The Labute approximate surface area is 159 Å². The molecule has 0 saturated heterocycles. The van der Waals surface area contributed by atoms with Crippen LogP contribution in [-0.4, -0.2) is 16.9 Å². The number of hydrogen-bond donors (Lipinski definition) is 3. The van der Waals surface area contributed by atoms with E-state index in [1.54, 1.807) is 31.2 Å². The van der Waals surface area contributed by atoms with Crippen LogP contribution < -0.4 is 16.0 Å². The SMILES string of the molecule is CC1=C(C(=O)Nc2cccc([N+](=O)[O-])c2)[C@@H](c2ccc(C#N)cc2)NC(=O)N1. The van der Waals surface area contributed by atoms with Crippen molar-refractivity contribution >= 4 is 23.3 Å². The van der Waals surface area contributed by atoms with Gasteiger partial charge >= 0.3 is 6.03 Å². The van der Waals surface area contributed by atoms with Crippen LogP contribution in [0.4, 0.5) is 16.2 Å². The number of anilines is 1. The molecule has 1 atom stereocenters. The van der Waals surface area contributed by atoms with Gasteiger partial charge in [-0.05, 0) is 30.7 Å². The average molecular weight is 377 g/mol. The lowest BCUT2D eigenvalue weighted by atomic mass is 9.94. The van der Waals surface area contributed by atoms with Crippen LogP contribution >= 0.6 is 0 Å². The predicted octanol–water partition coefficient (Wildman–Crippen LogP) is 2.73. The zero-order valence-electron chi connectivity index (χ0n) is 14.7. The molecule has 0 bridgehead atoms. The summed E-state index contributed by atoms with van der Waals surface area (Å²) in [5, 5.41) is 27.7. The highest BCUT2D eigenvalue weighted by Gasteiger charge is 2.31. The summed E-state index contributed by atoms with van der Waals surface area (Å²) in [6.45, 7) is 1.59. The molecule has 0 unspecified atom stereocenters. The Morgan fingerprint density at radius 2 is 1.96 bits per heavy atom. The number of benzene rings is 2. The van der Waals surface area contributed by atoms with E-state index in [1.807, 2.05) is 6.07 Å². The summed E-state index contributed by atoms with van der Waals surface area (Å²) >= 11 is 0. The van der Waals surface area contributed by atoms with Crippen LogP contribution in [0, 0.1) is 21.4 Å². The van der Waals surface area contributed by atoms with Crippen molar-refractivity contribution in [3.63, 3.8) is 0 Å². The molecule has 0 saturated carbocycles. The molecule has 0 radical (unpaired) electrons. The standard InChI is InChI=1S/C19H15N5O4/c1-11-16(18(25)22-14-3-2-4-15(9-14)24(27)28)17(23-19(26)21-11)13-7-5-12(10-20)6-8-13/h2-9,17H,1H3,(H,22,25)(H2,21,23,26)/t17-/m1/s1. The molecule has 2 aromatic carbocycles. The van der Waals surface area contributed by atoms with Crippen molar-refractivity contribution in [1.82, 2.24) is 10.6 Å². The highest BCUT2D eigenvalue weighted by atomic mass is 16.6.